The van der Waals surface area contributed by atoms with Crippen molar-refractivity contribution in [2.45, 2.75) is 45.4 Å². The lowest BCUT2D eigenvalue weighted by Crippen LogP contribution is -2.30. The van der Waals surface area contributed by atoms with Crippen molar-refractivity contribution in [3.05, 3.63) is 60.7 Å². The maximum atomic E-state index is 4.83. The van der Waals surface area contributed by atoms with Crippen molar-refractivity contribution >= 4 is 34.7 Å². The second-order valence-corrected chi connectivity index (χ2v) is 9.52. The van der Waals surface area contributed by atoms with E-state index in [2.05, 4.69) is 58.4 Å². The fourth-order valence-electron chi connectivity index (χ4n) is 4.06. The van der Waals surface area contributed by atoms with Crippen LogP contribution < -0.4 is 15.5 Å². The molecule has 0 aromatic carbocycles. The van der Waals surface area contributed by atoms with Crippen LogP contribution in [-0.4, -0.2) is 37.4 Å². The Morgan fingerprint density at radius 2 is 1.67 bits per heavy atom. The van der Waals surface area contributed by atoms with Crippen LogP contribution in [0.25, 0.3) is 5.65 Å². The third kappa shape index (κ3) is 4.89. The van der Waals surface area contributed by atoms with Gasteiger partial charge in [0.05, 0.1) is 0 Å². The van der Waals surface area contributed by atoms with E-state index >= 15 is 0 Å². The second-order valence-electron chi connectivity index (χ2n) is 9.52. The summed E-state index contributed by atoms with van der Waals surface area (Å²) < 4.78 is 1.98. The highest BCUT2D eigenvalue weighted by molar-refractivity contribution is 5.65. The predicted molar refractivity (Wildman–Crippen MR) is 133 cm³/mol. The minimum atomic E-state index is 0.0358. The normalized spacial score (nSPS) is 14.5. The maximum Gasteiger partial charge on any atom is 0.232 e. The zero-order chi connectivity index (χ0) is 22.8. The quantitative estimate of drug-likeness (QED) is 0.434. The Hall–Kier alpha value is -3.68. The highest BCUT2D eigenvalue weighted by Gasteiger charge is 2.17. The zero-order valence-corrected chi connectivity index (χ0v) is 19.4. The van der Waals surface area contributed by atoms with Gasteiger partial charge in [-0.3, -0.25) is 0 Å². The largest absolute Gasteiger partial charge is 0.356 e. The minimum Gasteiger partial charge on any atom is -0.356 e. The van der Waals surface area contributed by atoms with Crippen LogP contribution in [0.15, 0.2) is 55.1 Å². The Kier molecular flexibility index (Phi) is 5.58. The summed E-state index contributed by atoms with van der Waals surface area (Å²) >= 11 is 0. The van der Waals surface area contributed by atoms with E-state index < -0.39 is 0 Å². The summed E-state index contributed by atoms with van der Waals surface area (Å²) in [7, 11) is 0. The van der Waals surface area contributed by atoms with Gasteiger partial charge in [-0.2, -0.15) is 9.97 Å². The SMILES string of the molecule is CC(C)(C)c1ccnc(Nc2nc(Nc3ccn4ccnc4c3)cc(N3CCCCC3)n2)c1. The van der Waals surface area contributed by atoms with E-state index in [1.54, 1.807) is 6.20 Å². The monoisotopic (exact) mass is 442 g/mol. The van der Waals surface area contributed by atoms with Crippen LogP contribution in [0.1, 0.15) is 45.6 Å². The van der Waals surface area contributed by atoms with Gasteiger partial charge in [0, 0.05) is 55.7 Å². The molecule has 5 heterocycles. The molecular weight excluding hydrogens is 412 g/mol. The number of piperidine rings is 1. The molecule has 0 aliphatic carbocycles. The fourth-order valence-corrected chi connectivity index (χ4v) is 4.06. The molecule has 2 N–H and O–H groups in total. The van der Waals surface area contributed by atoms with Crippen molar-refractivity contribution in [1.82, 2.24) is 24.3 Å². The Bertz CT molecular complexity index is 1250. The first-order valence-corrected chi connectivity index (χ1v) is 11.5. The van der Waals surface area contributed by atoms with Crippen LogP contribution in [0.3, 0.4) is 0 Å². The van der Waals surface area contributed by atoms with E-state index in [0.29, 0.717) is 5.95 Å². The molecule has 0 amide bonds. The predicted octanol–water partition coefficient (Wildman–Crippen LogP) is 5.29. The Morgan fingerprint density at radius 3 is 2.48 bits per heavy atom. The number of rotatable bonds is 5. The summed E-state index contributed by atoms with van der Waals surface area (Å²) in [5.74, 6) is 2.92. The van der Waals surface area contributed by atoms with Crippen molar-refractivity contribution in [3.63, 3.8) is 0 Å². The Labute approximate surface area is 194 Å². The van der Waals surface area contributed by atoms with Gasteiger partial charge in [0.15, 0.2) is 0 Å². The van der Waals surface area contributed by atoms with Crippen molar-refractivity contribution in [2.75, 3.05) is 28.6 Å². The molecule has 8 heteroatoms. The third-order valence-corrected chi connectivity index (χ3v) is 5.93. The van der Waals surface area contributed by atoms with Crippen LogP contribution in [0.5, 0.6) is 0 Å². The van der Waals surface area contributed by atoms with Crippen molar-refractivity contribution < 1.29 is 0 Å². The topological polar surface area (TPSA) is 83.3 Å². The van der Waals surface area contributed by atoms with E-state index in [1.807, 2.05) is 41.2 Å². The van der Waals surface area contributed by atoms with E-state index in [1.165, 1.54) is 24.8 Å². The van der Waals surface area contributed by atoms with Crippen LogP contribution in [-0.2, 0) is 5.41 Å². The Balaban J connectivity index is 1.47. The molecule has 1 saturated heterocycles. The summed E-state index contributed by atoms with van der Waals surface area (Å²) in [6, 6.07) is 10.2. The number of anilines is 5. The average molecular weight is 443 g/mol. The molecule has 5 rings (SSSR count). The first-order valence-electron chi connectivity index (χ1n) is 11.5. The van der Waals surface area contributed by atoms with Crippen LogP contribution in [0, 0.1) is 0 Å². The number of imidazole rings is 1. The molecule has 0 spiro atoms. The van der Waals surface area contributed by atoms with Gasteiger partial charge in [0.1, 0.15) is 23.1 Å². The number of aromatic nitrogens is 5. The molecule has 1 aliphatic heterocycles. The minimum absolute atomic E-state index is 0.0358. The van der Waals surface area contributed by atoms with E-state index in [-0.39, 0.29) is 5.41 Å². The number of pyridine rings is 2. The van der Waals surface area contributed by atoms with Gasteiger partial charge in [-0.1, -0.05) is 20.8 Å². The average Bonchev–Trinajstić information content (AvgIpc) is 3.27. The van der Waals surface area contributed by atoms with Gasteiger partial charge in [0.2, 0.25) is 5.95 Å². The van der Waals surface area contributed by atoms with E-state index in [4.69, 9.17) is 9.97 Å². The molecule has 0 bridgehead atoms. The van der Waals surface area contributed by atoms with Gasteiger partial charge in [-0.05, 0) is 48.4 Å². The van der Waals surface area contributed by atoms with Crippen molar-refractivity contribution in [2.24, 2.45) is 0 Å². The smallest absolute Gasteiger partial charge is 0.232 e. The molecule has 33 heavy (non-hydrogen) atoms. The van der Waals surface area contributed by atoms with Gasteiger partial charge in [0.25, 0.3) is 0 Å². The molecule has 170 valence electrons. The highest BCUT2D eigenvalue weighted by Crippen LogP contribution is 2.27. The molecular formula is C25H30N8. The summed E-state index contributed by atoms with van der Waals surface area (Å²) in [5, 5.41) is 6.77. The maximum absolute atomic E-state index is 4.83. The van der Waals surface area contributed by atoms with E-state index in [0.717, 1.165) is 41.9 Å². The van der Waals surface area contributed by atoms with Crippen LogP contribution >= 0.6 is 0 Å². The Morgan fingerprint density at radius 1 is 0.818 bits per heavy atom. The zero-order valence-electron chi connectivity index (χ0n) is 19.4. The first-order chi connectivity index (χ1) is 15.9. The van der Waals surface area contributed by atoms with Crippen LogP contribution in [0.4, 0.5) is 29.1 Å². The van der Waals surface area contributed by atoms with Crippen LogP contribution in [0.2, 0.25) is 0 Å². The van der Waals surface area contributed by atoms with Gasteiger partial charge in [-0.25, -0.2) is 9.97 Å². The van der Waals surface area contributed by atoms with Gasteiger partial charge >= 0.3 is 0 Å². The molecule has 0 atom stereocenters. The van der Waals surface area contributed by atoms with E-state index in [9.17, 15) is 0 Å². The number of fused-ring (bicyclic) bond motifs is 1. The summed E-state index contributed by atoms with van der Waals surface area (Å²) in [4.78, 5) is 20.8. The van der Waals surface area contributed by atoms with Gasteiger partial charge < -0.3 is 19.9 Å². The molecule has 1 aliphatic rings. The summed E-state index contributed by atoms with van der Waals surface area (Å²) in [6.45, 7) is 8.59. The molecule has 8 nitrogen and oxygen atoms in total. The third-order valence-electron chi connectivity index (χ3n) is 5.93. The lowest BCUT2D eigenvalue weighted by molar-refractivity contribution is 0.573. The standard InChI is InChI=1S/C25H30N8/c1-25(2,3)18-7-9-26-20(15-18)29-24-30-21(17-23(31-24)32-11-5-4-6-12-32)28-19-8-13-33-14-10-27-22(33)16-19/h7-10,13-17H,4-6,11-12H2,1-3H3,(H2,26,28,29,30,31). The van der Waals surface area contributed by atoms with Crippen molar-refractivity contribution in [3.8, 4) is 0 Å². The summed E-state index contributed by atoms with van der Waals surface area (Å²) in [6.07, 6.45) is 11.2. The second kappa shape index (κ2) is 8.69. The molecule has 4 aromatic heterocycles. The number of hydrogen-bond acceptors (Lipinski definition) is 7. The number of nitrogens with one attached hydrogen (secondary N) is 2. The summed E-state index contributed by atoms with van der Waals surface area (Å²) in [5.41, 5.74) is 3.05. The lowest BCUT2D eigenvalue weighted by atomic mass is 9.88. The lowest BCUT2D eigenvalue weighted by Gasteiger charge is -2.28. The first kappa shape index (κ1) is 21.2. The highest BCUT2D eigenvalue weighted by atomic mass is 15.3. The van der Waals surface area contributed by atoms with Crippen molar-refractivity contribution in [1.29, 1.82) is 0 Å². The van der Waals surface area contributed by atoms with Gasteiger partial charge in [-0.15, -0.1) is 0 Å². The fraction of sp³-hybridized carbons (Fsp3) is 0.360. The number of nitrogens with zero attached hydrogens (tertiary/aromatic N) is 6. The molecule has 0 saturated carbocycles. The molecule has 1 fully saturated rings. The molecule has 4 aromatic rings. The molecule has 0 radical (unpaired) electrons. The number of hydrogen-bond donors (Lipinski definition) is 2. The molecule has 0 unspecified atom stereocenters.